The van der Waals surface area contributed by atoms with Crippen LogP contribution in [0.2, 0.25) is 0 Å². The van der Waals surface area contributed by atoms with Crippen molar-refractivity contribution in [1.29, 1.82) is 0 Å². The number of halogens is 5. The molecule has 2 aliphatic heterocycles. The van der Waals surface area contributed by atoms with Crippen LogP contribution in [-0.2, 0) is 0 Å². The van der Waals surface area contributed by atoms with Crippen molar-refractivity contribution in [3.05, 3.63) is 23.8 Å². The first-order valence-corrected chi connectivity index (χ1v) is 5.86. The van der Waals surface area contributed by atoms with Gasteiger partial charge in [-0.05, 0) is 12.1 Å². The highest BCUT2D eigenvalue weighted by atomic mass is 35.5. The van der Waals surface area contributed by atoms with Gasteiger partial charge in [0.1, 0.15) is 23.8 Å². The monoisotopic (exact) mass is 313 g/mol. The Morgan fingerprint density at radius 3 is 2.75 bits per heavy atom. The predicted molar refractivity (Wildman–Crippen MR) is 65.0 cm³/mol. The van der Waals surface area contributed by atoms with E-state index in [0.717, 1.165) is 5.56 Å². The van der Waals surface area contributed by atoms with Crippen molar-refractivity contribution in [1.82, 2.24) is 5.32 Å². The third kappa shape index (κ3) is 2.93. The Balaban J connectivity index is 0.00000147. The highest BCUT2D eigenvalue weighted by Crippen LogP contribution is 2.42. The van der Waals surface area contributed by atoms with Crippen molar-refractivity contribution >= 4 is 12.4 Å². The summed E-state index contributed by atoms with van der Waals surface area (Å²) in [5, 5.41) is 2.99. The number of alkyl halides is 4. The van der Waals surface area contributed by atoms with E-state index in [1.54, 1.807) is 0 Å². The van der Waals surface area contributed by atoms with E-state index in [-0.39, 0.29) is 43.3 Å². The molecule has 1 saturated heterocycles. The number of benzene rings is 1. The summed E-state index contributed by atoms with van der Waals surface area (Å²) in [5.41, 5.74) is 0.742. The van der Waals surface area contributed by atoms with Gasteiger partial charge in [0, 0.05) is 24.6 Å². The van der Waals surface area contributed by atoms with Gasteiger partial charge in [0.15, 0.2) is 0 Å². The highest BCUT2D eigenvalue weighted by molar-refractivity contribution is 5.85. The lowest BCUT2D eigenvalue weighted by atomic mass is 9.96. The second-order valence-electron chi connectivity index (χ2n) is 4.62. The molecule has 1 fully saturated rings. The van der Waals surface area contributed by atoms with Crippen molar-refractivity contribution in [2.75, 3.05) is 6.54 Å². The first-order valence-electron chi connectivity index (χ1n) is 5.86. The van der Waals surface area contributed by atoms with Gasteiger partial charge < -0.3 is 14.8 Å². The maximum absolute atomic E-state index is 13.2. The molecule has 0 unspecified atom stereocenters. The molecule has 0 bridgehead atoms. The van der Waals surface area contributed by atoms with Crippen molar-refractivity contribution in [3.63, 3.8) is 0 Å². The Hall–Kier alpha value is -1.21. The average Bonchev–Trinajstić information content (AvgIpc) is 2.62. The summed E-state index contributed by atoms with van der Waals surface area (Å²) >= 11 is 0. The number of piperidine rings is 1. The van der Waals surface area contributed by atoms with Crippen LogP contribution in [0.15, 0.2) is 18.2 Å². The fourth-order valence-corrected chi connectivity index (χ4v) is 2.52. The van der Waals surface area contributed by atoms with E-state index < -0.39 is 12.5 Å². The van der Waals surface area contributed by atoms with Gasteiger partial charge >= 0.3 is 6.36 Å². The van der Waals surface area contributed by atoms with Crippen LogP contribution in [-0.4, -0.2) is 25.2 Å². The van der Waals surface area contributed by atoms with Crippen LogP contribution in [0.4, 0.5) is 17.6 Å². The van der Waals surface area contributed by atoms with Crippen molar-refractivity contribution in [2.24, 2.45) is 0 Å². The quantitative estimate of drug-likeness (QED) is 0.808. The van der Waals surface area contributed by atoms with Gasteiger partial charge in [-0.15, -0.1) is 25.6 Å². The smallest absolute Gasteiger partial charge is 0.488 e. The lowest BCUT2D eigenvalue weighted by molar-refractivity contribution is -0.274. The first-order chi connectivity index (χ1) is 8.92. The van der Waals surface area contributed by atoms with E-state index in [4.69, 9.17) is 4.74 Å². The Morgan fingerprint density at radius 1 is 1.30 bits per heavy atom. The number of ether oxygens (including phenoxy) is 2. The second-order valence-corrected chi connectivity index (χ2v) is 4.62. The van der Waals surface area contributed by atoms with Crippen LogP contribution < -0.4 is 14.8 Å². The highest BCUT2D eigenvalue weighted by Gasteiger charge is 2.40. The van der Waals surface area contributed by atoms with Gasteiger partial charge in [-0.3, -0.25) is 0 Å². The van der Waals surface area contributed by atoms with E-state index >= 15 is 0 Å². The predicted octanol–water partition coefficient (Wildman–Crippen LogP) is 3.14. The molecule has 0 spiro atoms. The summed E-state index contributed by atoms with van der Waals surface area (Å²) in [6.45, 7) is 0.227. The normalized spacial score (nSPS) is 27.9. The van der Waals surface area contributed by atoms with Crippen LogP contribution in [0.25, 0.3) is 0 Å². The third-order valence-corrected chi connectivity index (χ3v) is 3.25. The molecular formula is C12H12ClF4NO2. The molecule has 0 saturated carbocycles. The molecule has 0 aliphatic carbocycles. The Bertz CT molecular complexity index is 497. The zero-order chi connectivity index (χ0) is 13.6. The van der Waals surface area contributed by atoms with Crippen LogP contribution >= 0.6 is 12.4 Å². The summed E-state index contributed by atoms with van der Waals surface area (Å²) in [6, 6.07) is 3.78. The van der Waals surface area contributed by atoms with Gasteiger partial charge in [-0.2, -0.15) is 0 Å². The first kappa shape index (κ1) is 15.2. The lowest BCUT2D eigenvalue weighted by Crippen LogP contribution is -2.42. The number of hydrogen-bond donors (Lipinski definition) is 1. The van der Waals surface area contributed by atoms with Crippen LogP contribution in [0.3, 0.4) is 0 Å². The molecule has 0 amide bonds. The fourth-order valence-electron chi connectivity index (χ4n) is 2.52. The minimum Gasteiger partial charge on any atom is -0.488 e. The van der Waals surface area contributed by atoms with Crippen LogP contribution in [0.5, 0.6) is 11.5 Å². The van der Waals surface area contributed by atoms with E-state index in [9.17, 15) is 17.6 Å². The van der Waals surface area contributed by atoms with Gasteiger partial charge in [-0.1, -0.05) is 0 Å². The molecule has 3 nitrogen and oxygen atoms in total. The number of hydrogen-bond acceptors (Lipinski definition) is 3. The molecule has 20 heavy (non-hydrogen) atoms. The third-order valence-electron chi connectivity index (χ3n) is 3.25. The molecule has 1 aromatic carbocycles. The Labute approximate surface area is 118 Å². The summed E-state index contributed by atoms with van der Waals surface area (Å²) in [5.74, 6) is -0.0138. The maximum atomic E-state index is 13.2. The van der Waals surface area contributed by atoms with Crippen LogP contribution in [0, 0.1) is 0 Å². The standard InChI is InChI=1S/C12H11F4NO2.ClH/c13-6-3-10-11(17-5-6)8-2-1-7(4-9(8)18-10)19-12(14,15)16;/h1-2,4,6,10-11,17H,3,5H2;1H/t6-,10-,11-;/m0./s1. The molecule has 1 N–H and O–H groups in total. The fraction of sp³-hybridized carbons (Fsp3) is 0.500. The van der Waals surface area contributed by atoms with E-state index in [0.29, 0.717) is 5.75 Å². The van der Waals surface area contributed by atoms with E-state index in [2.05, 4.69) is 10.1 Å². The lowest BCUT2D eigenvalue weighted by Gasteiger charge is -2.27. The molecular weight excluding hydrogens is 302 g/mol. The van der Waals surface area contributed by atoms with Gasteiger partial charge in [0.05, 0.1) is 6.04 Å². The zero-order valence-electron chi connectivity index (χ0n) is 10.1. The minimum atomic E-state index is -4.73. The molecule has 1 aromatic rings. The molecule has 8 heteroatoms. The molecule has 3 atom stereocenters. The molecule has 2 aliphatic rings. The summed E-state index contributed by atoms with van der Waals surface area (Å²) in [4.78, 5) is 0. The number of fused-ring (bicyclic) bond motifs is 3. The summed E-state index contributed by atoms with van der Waals surface area (Å²) in [6.07, 6.45) is -5.87. The molecule has 2 heterocycles. The van der Waals surface area contributed by atoms with Crippen molar-refractivity contribution in [2.45, 2.75) is 31.1 Å². The number of nitrogens with one attached hydrogen (secondary N) is 1. The topological polar surface area (TPSA) is 30.5 Å². The van der Waals surface area contributed by atoms with Gasteiger partial charge in [0.2, 0.25) is 0 Å². The maximum Gasteiger partial charge on any atom is 0.573 e. The Kier molecular flexibility index (Phi) is 4.02. The molecule has 0 aromatic heterocycles. The van der Waals surface area contributed by atoms with E-state index in [1.807, 2.05) is 0 Å². The average molecular weight is 314 g/mol. The SMILES string of the molecule is Cl.F[C@@H]1CN[C@H]2c3ccc(OC(F)(F)F)cc3O[C@H]2C1. The molecule has 0 radical (unpaired) electrons. The van der Waals surface area contributed by atoms with Gasteiger partial charge in [0.25, 0.3) is 0 Å². The number of rotatable bonds is 1. The van der Waals surface area contributed by atoms with E-state index in [1.165, 1.54) is 18.2 Å². The zero-order valence-corrected chi connectivity index (χ0v) is 10.9. The van der Waals surface area contributed by atoms with Crippen LogP contribution in [0.1, 0.15) is 18.0 Å². The Morgan fingerprint density at radius 2 is 2.05 bits per heavy atom. The van der Waals surface area contributed by atoms with Crippen molar-refractivity contribution in [3.8, 4) is 11.5 Å². The summed E-state index contributed by atoms with van der Waals surface area (Å²) in [7, 11) is 0. The largest absolute Gasteiger partial charge is 0.573 e. The minimum absolute atomic E-state index is 0. The van der Waals surface area contributed by atoms with Gasteiger partial charge in [-0.25, -0.2) is 4.39 Å². The molecule has 112 valence electrons. The molecule has 3 rings (SSSR count). The van der Waals surface area contributed by atoms with Crippen molar-refractivity contribution < 1.29 is 27.0 Å². The second kappa shape index (κ2) is 5.29. The summed E-state index contributed by atoms with van der Waals surface area (Å²) < 4.78 is 58.9.